The molecule has 3 nitrogen and oxygen atoms in total. The first kappa shape index (κ1) is 13.8. The fourth-order valence-electron chi connectivity index (χ4n) is 2.04. The van der Waals surface area contributed by atoms with Gasteiger partial charge in [0, 0.05) is 12.1 Å². The first-order chi connectivity index (χ1) is 9.06. The minimum absolute atomic E-state index is 0.443. The lowest BCUT2D eigenvalue weighted by molar-refractivity contribution is 0.287. The van der Waals surface area contributed by atoms with Crippen molar-refractivity contribution in [3.05, 3.63) is 59.0 Å². The normalized spacial score (nSPS) is 10.9. The lowest BCUT2D eigenvalue weighted by Crippen LogP contribution is -2.18. The molecule has 0 radical (unpaired) electrons. The fraction of sp³-hybridized carbons (Fsp3) is 0.267. The average Bonchev–Trinajstić information content (AvgIpc) is 2.84. The highest BCUT2D eigenvalue weighted by molar-refractivity contribution is 7.80. The third-order valence-corrected chi connectivity index (χ3v) is 3.31. The van der Waals surface area contributed by atoms with E-state index in [9.17, 15) is 0 Å². The van der Waals surface area contributed by atoms with Crippen LogP contribution < -0.4 is 5.73 Å². The predicted octanol–water partition coefficient (Wildman–Crippen LogP) is 2.85. The smallest absolute Gasteiger partial charge is 0.117 e. The van der Waals surface area contributed by atoms with Crippen LogP contribution in [0.3, 0.4) is 0 Å². The maximum Gasteiger partial charge on any atom is 0.117 e. The van der Waals surface area contributed by atoms with Gasteiger partial charge in [0.25, 0.3) is 0 Å². The van der Waals surface area contributed by atoms with Gasteiger partial charge in [-0.05, 0) is 43.3 Å². The van der Waals surface area contributed by atoms with Crippen molar-refractivity contribution in [3.8, 4) is 0 Å². The minimum atomic E-state index is 0.443. The van der Waals surface area contributed by atoms with Gasteiger partial charge in [0.2, 0.25) is 0 Å². The number of hydrogen-bond donors (Lipinski definition) is 1. The Hall–Kier alpha value is -1.65. The summed E-state index contributed by atoms with van der Waals surface area (Å²) >= 11 is 4.98. The Morgan fingerprint density at radius 1 is 1.32 bits per heavy atom. The molecule has 1 aromatic heterocycles. The molecule has 0 atom stereocenters. The number of rotatable bonds is 5. The fourth-order valence-corrected chi connectivity index (χ4v) is 2.17. The number of nitrogens with two attached hydrogens (primary N) is 1. The van der Waals surface area contributed by atoms with Crippen molar-refractivity contribution in [2.75, 3.05) is 7.05 Å². The molecule has 0 bridgehead atoms. The summed E-state index contributed by atoms with van der Waals surface area (Å²) in [5, 5.41) is 0. The number of benzene rings is 1. The third-order valence-electron chi connectivity index (χ3n) is 3.07. The molecule has 100 valence electrons. The molecule has 1 aromatic carbocycles. The van der Waals surface area contributed by atoms with E-state index in [1.807, 2.05) is 24.3 Å². The first-order valence-corrected chi connectivity index (χ1v) is 6.57. The van der Waals surface area contributed by atoms with Crippen molar-refractivity contribution in [1.82, 2.24) is 4.90 Å². The molecule has 0 saturated heterocycles. The molecule has 2 N–H and O–H groups in total. The molecule has 0 aliphatic rings. The molecule has 0 fully saturated rings. The zero-order chi connectivity index (χ0) is 13.8. The van der Waals surface area contributed by atoms with Gasteiger partial charge in [-0.2, -0.15) is 0 Å². The molecular weight excluding hydrogens is 256 g/mol. The first-order valence-electron chi connectivity index (χ1n) is 6.16. The van der Waals surface area contributed by atoms with Crippen LogP contribution in [0, 0.1) is 6.92 Å². The molecule has 0 unspecified atom stereocenters. The second kappa shape index (κ2) is 5.99. The topological polar surface area (TPSA) is 42.4 Å². The molecule has 0 saturated carbocycles. The lowest BCUT2D eigenvalue weighted by atomic mass is 10.0. The highest BCUT2D eigenvalue weighted by Crippen LogP contribution is 2.14. The van der Waals surface area contributed by atoms with Crippen LogP contribution in [0.1, 0.15) is 22.5 Å². The van der Waals surface area contributed by atoms with Crippen LogP contribution >= 0.6 is 12.2 Å². The van der Waals surface area contributed by atoms with E-state index >= 15 is 0 Å². The Morgan fingerprint density at radius 2 is 2.11 bits per heavy atom. The van der Waals surface area contributed by atoms with Gasteiger partial charge in [-0.25, -0.2) is 0 Å². The Balaban J connectivity index is 2.04. The summed E-state index contributed by atoms with van der Waals surface area (Å²) in [5.74, 6) is 0.972. The summed E-state index contributed by atoms with van der Waals surface area (Å²) in [7, 11) is 2.07. The second-order valence-corrected chi connectivity index (χ2v) is 5.20. The molecule has 0 aliphatic carbocycles. The van der Waals surface area contributed by atoms with Crippen LogP contribution in [-0.4, -0.2) is 16.9 Å². The zero-order valence-electron chi connectivity index (χ0n) is 11.2. The van der Waals surface area contributed by atoms with Crippen molar-refractivity contribution >= 4 is 17.2 Å². The summed E-state index contributed by atoms with van der Waals surface area (Å²) in [6, 6.07) is 10.00. The van der Waals surface area contributed by atoms with Crippen molar-refractivity contribution < 1.29 is 4.42 Å². The van der Waals surface area contributed by atoms with E-state index in [1.54, 1.807) is 6.26 Å². The van der Waals surface area contributed by atoms with E-state index in [2.05, 4.69) is 24.9 Å². The van der Waals surface area contributed by atoms with Crippen LogP contribution in [0.25, 0.3) is 0 Å². The average molecular weight is 274 g/mol. The van der Waals surface area contributed by atoms with Crippen molar-refractivity contribution in [3.63, 3.8) is 0 Å². The van der Waals surface area contributed by atoms with E-state index < -0.39 is 0 Å². The van der Waals surface area contributed by atoms with Crippen LogP contribution in [0.5, 0.6) is 0 Å². The SMILES string of the molecule is Cc1cc(C(N)=S)ccc1CN(C)Cc1ccco1. The molecule has 1 heterocycles. The lowest BCUT2D eigenvalue weighted by Gasteiger charge is -2.17. The van der Waals surface area contributed by atoms with Crippen molar-refractivity contribution in [2.24, 2.45) is 5.73 Å². The van der Waals surface area contributed by atoms with Crippen LogP contribution in [0.15, 0.2) is 41.0 Å². The summed E-state index contributed by atoms with van der Waals surface area (Å²) in [6.45, 7) is 3.74. The van der Waals surface area contributed by atoms with Crippen molar-refractivity contribution in [1.29, 1.82) is 0 Å². The zero-order valence-corrected chi connectivity index (χ0v) is 12.0. The van der Waals surface area contributed by atoms with E-state index in [-0.39, 0.29) is 0 Å². The molecular formula is C15H18N2OS. The van der Waals surface area contributed by atoms with Crippen LogP contribution in [0.2, 0.25) is 0 Å². The van der Waals surface area contributed by atoms with Gasteiger partial charge in [-0.1, -0.05) is 24.4 Å². The summed E-state index contributed by atoms with van der Waals surface area (Å²) in [5.41, 5.74) is 9.03. The number of aryl methyl sites for hydroxylation is 1. The van der Waals surface area contributed by atoms with E-state index in [0.29, 0.717) is 4.99 Å². The number of furan rings is 1. The highest BCUT2D eigenvalue weighted by atomic mass is 32.1. The van der Waals surface area contributed by atoms with Gasteiger partial charge in [-0.3, -0.25) is 4.90 Å². The molecule has 2 rings (SSSR count). The number of hydrogen-bond acceptors (Lipinski definition) is 3. The maximum absolute atomic E-state index is 5.63. The summed E-state index contributed by atoms with van der Waals surface area (Å²) in [6.07, 6.45) is 1.70. The predicted molar refractivity (Wildman–Crippen MR) is 80.9 cm³/mol. The van der Waals surface area contributed by atoms with Crippen molar-refractivity contribution in [2.45, 2.75) is 20.0 Å². The molecule has 19 heavy (non-hydrogen) atoms. The Labute approximate surface area is 119 Å². The van der Waals surface area contributed by atoms with Gasteiger partial charge in [-0.15, -0.1) is 0 Å². The monoisotopic (exact) mass is 274 g/mol. The number of thiocarbonyl (C=S) groups is 1. The Morgan fingerprint density at radius 3 is 2.68 bits per heavy atom. The summed E-state index contributed by atoms with van der Waals surface area (Å²) in [4.78, 5) is 2.65. The Bertz CT molecular complexity index is 564. The third kappa shape index (κ3) is 3.66. The van der Waals surface area contributed by atoms with Gasteiger partial charge < -0.3 is 10.2 Å². The molecule has 2 aromatic rings. The van der Waals surface area contributed by atoms with Gasteiger partial charge in [0.15, 0.2) is 0 Å². The largest absolute Gasteiger partial charge is 0.468 e. The maximum atomic E-state index is 5.63. The minimum Gasteiger partial charge on any atom is -0.468 e. The quantitative estimate of drug-likeness (QED) is 0.851. The molecule has 0 aliphatic heterocycles. The highest BCUT2D eigenvalue weighted by Gasteiger charge is 2.07. The standard InChI is InChI=1S/C15H18N2OS/c1-11-8-12(15(16)19)5-6-13(11)9-17(2)10-14-4-3-7-18-14/h3-8H,9-10H2,1-2H3,(H2,16,19). The van der Waals surface area contributed by atoms with E-state index in [4.69, 9.17) is 22.4 Å². The van der Waals surface area contributed by atoms with E-state index in [1.165, 1.54) is 11.1 Å². The molecule has 4 heteroatoms. The number of nitrogens with zero attached hydrogens (tertiary/aromatic N) is 1. The molecule has 0 spiro atoms. The van der Waals surface area contributed by atoms with Gasteiger partial charge in [0.1, 0.15) is 10.7 Å². The van der Waals surface area contributed by atoms with Crippen LogP contribution in [0.4, 0.5) is 0 Å². The van der Waals surface area contributed by atoms with Gasteiger partial charge >= 0.3 is 0 Å². The van der Waals surface area contributed by atoms with Gasteiger partial charge in [0.05, 0.1) is 12.8 Å². The van der Waals surface area contributed by atoms with Crippen LogP contribution in [-0.2, 0) is 13.1 Å². The van der Waals surface area contributed by atoms with E-state index in [0.717, 1.165) is 24.4 Å². The Kier molecular flexibility index (Phi) is 4.35. The molecule has 0 amide bonds. The second-order valence-electron chi connectivity index (χ2n) is 4.76. The summed E-state index contributed by atoms with van der Waals surface area (Å²) < 4.78 is 5.35.